The van der Waals surface area contributed by atoms with E-state index in [-0.39, 0.29) is 0 Å². The Labute approximate surface area is 62.9 Å². The molecular weight excluding hydrogens is 146 g/mol. The van der Waals surface area contributed by atoms with Crippen LogP contribution in [0.3, 0.4) is 0 Å². The summed E-state index contributed by atoms with van der Waals surface area (Å²) in [4.78, 5) is 17.7. The number of rotatable bonds is 2. The van der Waals surface area contributed by atoms with E-state index in [9.17, 15) is 9.90 Å². The molecule has 5 heteroatoms. The number of aliphatic carboxylic acids is 1. The van der Waals surface area contributed by atoms with Crippen LogP contribution in [0.1, 0.15) is 11.7 Å². The highest BCUT2D eigenvalue weighted by atomic mass is 16.4. The molecule has 3 N–H and O–H groups in total. The molecule has 0 aromatic carbocycles. The Hall–Kier alpha value is -1.49. The first kappa shape index (κ1) is 7.62. The molecule has 0 amide bonds. The first-order valence-electron chi connectivity index (χ1n) is 3.01. The van der Waals surface area contributed by atoms with E-state index in [1.54, 1.807) is 0 Å². The predicted molar refractivity (Wildman–Crippen MR) is 32.7 cm³/mol. The van der Waals surface area contributed by atoms with Gasteiger partial charge in [0.1, 0.15) is 11.7 Å². The molecule has 1 heterocycles. The zero-order valence-electron chi connectivity index (χ0n) is 5.73. The molecule has 0 fully saturated rings. The molecular formula is C6H7N3O2. The fourth-order valence-electron chi connectivity index (χ4n) is 0.611. The molecule has 0 saturated heterocycles. The maximum absolute atomic E-state index is 10.3. The van der Waals surface area contributed by atoms with Crippen molar-refractivity contribution >= 4 is 5.97 Å². The van der Waals surface area contributed by atoms with Gasteiger partial charge >= 0.3 is 0 Å². The summed E-state index contributed by atoms with van der Waals surface area (Å²) in [5, 5.41) is 10.3. The number of carboxylic acids is 1. The van der Waals surface area contributed by atoms with Crippen LogP contribution in [-0.2, 0) is 4.79 Å². The monoisotopic (exact) mass is 153 g/mol. The quantitative estimate of drug-likeness (QED) is 0.508. The summed E-state index contributed by atoms with van der Waals surface area (Å²) < 4.78 is 0. The van der Waals surface area contributed by atoms with Crippen LogP contribution in [-0.4, -0.2) is 15.9 Å². The lowest BCUT2D eigenvalue weighted by Gasteiger charge is -2.06. The lowest BCUT2D eigenvalue weighted by molar-refractivity contribution is -0.443. The van der Waals surface area contributed by atoms with Crippen molar-refractivity contribution in [3.05, 3.63) is 24.3 Å². The van der Waals surface area contributed by atoms with Crippen molar-refractivity contribution in [3.8, 4) is 0 Å². The molecule has 5 nitrogen and oxygen atoms in total. The maximum Gasteiger partial charge on any atom is 0.169 e. The van der Waals surface area contributed by atoms with Crippen LogP contribution in [0, 0.1) is 0 Å². The van der Waals surface area contributed by atoms with Gasteiger partial charge in [-0.25, -0.2) is 0 Å². The molecule has 1 aromatic heterocycles. The topological polar surface area (TPSA) is 93.5 Å². The molecule has 1 atom stereocenters. The second-order valence-corrected chi connectivity index (χ2v) is 2.00. The summed E-state index contributed by atoms with van der Waals surface area (Å²) in [6, 6.07) is -0.941. The molecule has 0 spiro atoms. The zero-order chi connectivity index (χ0) is 8.27. The summed E-state index contributed by atoms with van der Waals surface area (Å²) in [6.45, 7) is 0. The van der Waals surface area contributed by atoms with Gasteiger partial charge in [-0.3, -0.25) is 9.97 Å². The zero-order valence-corrected chi connectivity index (χ0v) is 5.73. The normalized spacial score (nSPS) is 12.5. The van der Waals surface area contributed by atoms with Gasteiger partial charge in [0.05, 0.1) is 6.20 Å². The Morgan fingerprint density at radius 2 is 2.36 bits per heavy atom. The number of carboxylic acid groups (broad SMARTS) is 1. The highest BCUT2D eigenvalue weighted by molar-refractivity contribution is 5.70. The second kappa shape index (κ2) is 3.07. The van der Waals surface area contributed by atoms with E-state index in [0.29, 0.717) is 5.69 Å². The van der Waals surface area contributed by atoms with Crippen LogP contribution in [0.25, 0.3) is 0 Å². The molecule has 0 bridgehead atoms. The van der Waals surface area contributed by atoms with Crippen LogP contribution >= 0.6 is 0 Å². The number of aromatic nitrogens is 2. The third kappa shape index (κ3) is 1.71. The van der Waals surface area contributed by atoms with Crippen LogP contribution in [0.4, 0.5) is 0 Å². The Balaban J connectivity index is 2.85. The van der Waals surface area contributed by atoms with Crippen molar-refractivity contribution < 1.29 is 15.6 Å². The van der Waals surface area contributed by atoms with Crippen molar-refractivity contribution in [1.29, 1.82) is 0 Å². The summed E-state index contributed by atoms with van der Waals surface area (Å²) >= 11 is 0. The summed E-state index contributed by atoms with van der Waals surface area (Å²) in [6.07, 6.45) is 4.23. The number of carbonyl (C=O) groups is 1. The Kier molecular flexibility index (Phi) is 2.12. The molecule has 0 radical (unpaired) electrons. The van der Waals surface area contributed by atoms with Crippen molar-refractivity contribution in [3.63, 3.8) is 0 Å². The van der Waals surface area contributed by atoms with Crippen molar-refractivity contribution in [1.82, 2.24) is 9.97 Å². The van der Waals surface area contributed by atoms with Crippen molar-refractivity contribution in [2.75, 3.05) is 0 Å². The highest BCUT2D eigenvalue weighted by Gasteiger charge is 2.10. The van der Waals surface area contributed by atoms with E-state index in [1.165, 1.54) is 18.6 Å². The SMILES string of the molecule is [NH3+][C@@H](C(=O)[O-])c1cnccn1. The first-order valence-corrected chi connectivity index (χ1v) is 3.01. The molecule has 1 aromatic rings. The third-order valence-electron chi connectivity index (χ3n) is 1.22. The minimum Gasteiger partial charge on any atom is -0.544 e. The molecule has 0 saturated carbocycles. The molecule has 0 aliphatic carbocycles. The van der Waals surface area contributed by atoms with Gasteiger partial charge in [0.2, 0.25) is 0 Å². The predicted octanol–water partition coefficient (Wildman–Crippen LogP) is -2.49. The van der Waals surface area contributed by atoms with Crippen molar-refractivity contribution in [2.24, 2.45) is 0 Å². The van der Waals surface area contributed by atoms with E-state index >= 15 is 0 Å². The van der Waals surface area contributed by atoms with Crippen LogP contribution < -0.4 is 10.8 Å². The largest absolute Gasteiger partial charge is 0.544 e. The average molecular weight is 153 g/mol. The van der Waals surface area contributed by atoms with Gasteiger partial charge in [-0.1, -0.05) is 0 Å². The molecule has 0 aliphatic heterocycles. The molecule has 58 valence electrons. The van der Waals surface area contributed by atoms with E-state index in [2.05, 4.69) is 15.7 Å². The van der Waals surface area contributed by atoms with E-state index < -0.39 is 12.0 Å². The standard InChI is InChI=1S/C6H7N3O2/c7-5(6(10)11)4-3-8-1-2-9-4/h1-3,5H,7H2,(H,10,11)/t5-/m1/s1. The summed E-state index contributed by atoms with van der Waals surface area (Å²) in [7, 11) is 0. The molecule has 1 rings (SSSR count). The summed E-state index contributed by atoms with van der Waals surface area (Å²) in [5.41, 5.74) is 3.66. The second-order valence-electron chi connectivity index (χ2n) is 2.00. The minimum atomic E-state index is -1.24. The Bertz CT molecular complexity index is 249. The maximum atomic E-state index is 10.3. The number of carbonyl (C=O) groups excluding carboxylic acids is 1. The van der Waals surface area contributed by atoms with E-state index in [0.717, 1.165) is 0 Å². The third-order valence-corrected chi connectivity index (χ3v) is 1.22. The number of hydrogen-bond acceptors (Lipinski definition) is 4. The fraction of sp³-hybridized carbons (Fsp3) is 0.167. The molecule has 0 unspecified atom stereocenters. The summed E-state index contributed by atoms with van der Waals surface area (Å²) in [5.74, 6) is -1.24. The van der Waals surface area contributed by atoms with Crippen LogP contribution in [0.15, 0.2) is 18.6 Å². The van der Waals surface area contributed by atoms with Crippen LogP contribution in [0.2, 0.25) is 0 Å². The molecule has 0 aliphatic rings. The smallest absolute Gasteiger partial charge is 0.169 e. The van der Waals surface area contributed by atoms with E-state index in [4.69, 9.17) is 0 Å². The molecule has 11 heavy (non-hydrogen) atoms. The number of hydrogen-bond donors (Lipinski definition) is 1. The van der Waals surface area contributed by atoms with Crippen LogP contribution in [0.5, 0.6) is 0 Å². The minimum absolute atomic E-state index is 0.313. The van der Waals surface area contributed by atoms with Gasteiger partial charge < -0.3 is 15.6 Å². The average Bonchev–Trinajstić information content (AvgIpc) is 2.05. The van der Waals surface area contributed by atoms with E-state index in [1.807, 2.05) is 0 Å². The first-order chi connectivity index (χ1) is 5.22. The Morgan fingerprint density at radius 1 is 1.64 bits per heavy atom. The van der Waals surface area contributed by atoms with Gasteiger partial charge in [0.25, 0.3) is 0 Å². The lowest BCUT2D eigenvalue weighted by atomic mass is 10.2. The van der Waals surface area contributed by atoms with Crippen molar-refractivity contribution in [2.45, 2.75) is 6.04 Å². The lowest BCUT2D eigenvalue weighted by Crippen LogP contribution is -2.61. The number of quaternary nitrogens is 1. The van der Waals surface area contributed by atoms with Gasteiger partial charge in [-0.05, 0) is 0 Å². The fourth-order valence-corrected chi connectivity index (χ4v) is 0.611. The van der Waals surface area contributed by atoms with Gasteiger partial charge in [-0.15, -0.1) is 0 Å². The Morgan fingerprint density at radius 3 is 2.82 bits per heavy atom. The van der Waals surface area contributed by atoms with Gasteiger partial charge in [0, 0.05) is 12.4 Å². The highest BCUT2D eigenvalue weighted by Crippen LogP contribution is 1.99. The number of nitrogens with zero attached hydrogens (tertiary/aromatic N) is 2. The van der Waals surface area contributed by atoms with Gasteiger partial charge in [-0.2, -0.15) is 0 Å². The van der Waals surface area contributed by atoms with Gasteiger partial charge in [0.15, 0.2) is 6.04 Å².